The molecule has 1 aliphatic rings. The molecule has 1 aliphatic heterocycles. The maximum Gasteiger partial charge on any atom is 0.410 e. The number of benzene rings is 3. The lowest BCUT2D eigenvalue weighted by atomic mass is 9.84. The lowest BCUT2D eigenvalue weighted by Crippen LogP contribution is -2.61. The van der Waals surface area contributed by atoms with Gasteiger partial charge in [0.2, 0.25) is 15.9 Å². The fourth-order valence-corrected chi connectivity index (χ4v) is 8.39. The van der Waals surface area contributed by atoms with Crippen LogP contribution in [0, 0.1) is 23.3 Å². The maximum atomic E-state index is 15.6. The van der Waals surface area contributed by atoms with Crippen molar-refractivity contribution < 1.29 is 40.3 Å². The smallest absolute Gasteiger partial charge is 0.410 e. The van der Waals surface area contributed by atoms with Crippen LogP contribution in [0.3, 0.4) is 0 Å². The van der Waals surface area contributed by atoms with Crippen molar-refractivity contribution >= 4 is 27.7 Å². The molecular weight excluding hydrogens is 715 g/mol. The zero-order valence-corrected chi connectivity index (χ0v) is 30.4. The van der Waals surface area contributed by atoms with Crippen LogP contribution in [-0.4, -0.2) is 71.4 Å². The molecule has 0 spiro atoms. The van der Waals surface area contributed by atoms with Crippen LogP contribution in [0.1, 0.15) is 56.7 Å². The Hall–Kier alpha value is -4.86. The van der Waals surface area contributed by atoms with E-state index in [9.17, 15) is 31.2 Å². The monoisotopic (exact) mass is 755 g/mol. The first-order chi connectivity index (χ1) is 24.9. The summed E-state index contributed by atoms with van der Waals surface area (Å²) in [7, 11) is -4.09. The van der Waals surface area contributed by atoms with Crippen molar-refractivity contribution in [2.24, 2.45) is 5.73 Å². The number of carbonyl (C=O) groups is 2. The second-order valence-electron chi connectivity index (χ2n) is 14.0. The van der Waals surface area contributed by atoms with Gasteiger partial charge in [-0.25, -0.2) is 30.8 Å². The molecule has 1 saturated heterocycles. The van der Waals surface area contributed by atoms with Crippen molar-refractivity contribution in [3.05, 3.63) is 125 Å². The van der Waals surface area contributed by atoms with Gasteiger partial charge >= 0.3 is 6.09 Å². The zero-order valence-electron chi connectivity index (χ0n) is 29.6. The molecule has 1 fully saturated rings. The third kappa shape index (κ3) is 9.39. The zero-order chi connectivity index (χ0) is 38.7. The molecule has 4 aromatic rings. The number of aromatic nitrogens is 1. The Kier molecular flexibility index (Phi) is 11.9. The molecule has 3 N–H and O–H groups in total. The number of hydrogen-bond acceptors (Lipinski definition) is 7. The fraction of sp³-hybridized carbons (Fsp3) is 0.342. The minimum atomic E-state index is -4.09. The number of anilines is 1. The predicted octanol–water partition coefficient (Wildman–Crippen LogP) is 6.37. The van der Waals surface area contributed by atoms with Gasteiger partial charge in [0.15, 0.2) is 0 Å². The summed E-state index contributed by atoms with van der Waals surface area (Å²) >= 11 is 0. The lowest BCUT2D eigenvalue weighted by Gasteiger charge is -2.44. The van der Waals surface area contributed by atoms with Gasteiger partial charge in [-0.1, -0.05) is 30.3 Å². The molecule has 53 heavy (non-hydrogen) atoms. The van der Waals surface area contributed by atoms with E-state index in [1.165, 1.54) is 39.7 Å². The second-order valence-corrected chi connectivity index (χ2v) is 15.8. The Morgan fingerprint density at radius 2 is 1.57 bits per heavy atom. The molecular formula is C38H41F4N5O5S. The van der Waals surface area contributed by atoms with Gasteiger partial charge < -0.3 is 20.7 Å². The van der Waals surface area contributed by atoms with Crippen LogP contribution in [0.25, 0.3) is 0 Å². The van der Waals surface area contributed by atoms with Crippen LogP contribution >= 0.6 is 0 Å². The van der Waals surface area contributed by atoms with E-state index in [0.717, 1.165) is 30.5 Å². The second kappa shape index (κ2) is 16.0. The largest absolute Gasteiger partial charge is 0.444 e. The molecule has 1 aromatic heterocycles. The van der Waals surface area contributed by atoms with E-state index >= 15 is 4.39 Å². The number of piperazine rings is 1. The number of pyridine rings is 1. The molecule has 5 rings (SSSR count). The molecule has 0 radical (unpaired) electrons. The van der Waals surface area contributed by atoms with Crippen LogP contribution in [-0.2, 0) is 26.0 Å². The number of nitrogens with one attached hydrogen (secondary N) is 1. The van der Waals surface area contributed by atoms with Gasteiger partial charge in [-0.3, -0.25) is 9.78 Å². The molecule has 10 nitrogen and oxygen atoms in total. The van der Waals surface area contributed by atoms with E-state index in [-0.39, 0.29) is 53.2 Å². The van der Waals surface area contributed by atoms with Gasteiger partial charge in [0.05, 0.1) is 29.0 Å². The molecule has 2 amide bonds. The van der Waals surface area contributed by atoms with Gasteiger partial charge in [0, 0.05) is 42.7 Å². The van der Waals surface area contributed by atoms with Crippen molar-refractivity contribution in [1.82, 2.24) is 14.2 Å². The van der Waals surface area contributed by atoms with E-state index in [0.29, 0.717) is 6.07 Å². The third-order valence-electron chi connectivity index (χ3n) is 8.81. The minimum Gasteiger partial charge on any atom is -0.444 e. The summed E-state index contributed by atoms with van der Waals surface area (Å²) in [5.74, 6) is -5.23. The van der Waals surface area contributed by atoms with Gasteiger partial charge in [0.1, 0.15) is 28.9 Å². The molecule has 0 aliphatic carbocycles. The van der Waals surface area contributed by atoms with Crippen LogP contribution < -0.4 is 11.1 Å². The average molecular weight is 756 g/mol. The number of halogens is 4. The van der Waals surface area contributed by atoms with Crippen molar-refractivity contribution in [2.45, 2.75) is 75.1 Å². The topological polar surface area (TPSA) is 135 Å². The molecule has 2 unspecified atom stereocenters. The van der Waals surface area contributed by atoms with Crippen molar-refractivity contribution in [3.8, 4) is 0 Å². The van der Waals surface area contributed by atoms with E-state index in [1.54, 1.807) is 45.9 Å². The van der Waals surface area contributed by atoms with Crippen molar-refractivity contribution in [2.75, 3.05) is 18.4 Å². The van der Waals surface area contributed by atoms with Crippen LogP contribution in [0.15, 0.2) is 90.1 Å². The number of nitrogens with two attached hydrogens (primary N) is 1. The summed E-state index contributed by atoms with van der Waals surface area (Å²) in [6, 6.07) is 12.4. The van der Waals surface area contributed by atoms with E-state index in [4.69, 9.17) is 10.5 Å². The molecule has 0 saturated carbocycles. The third-order valence-corrected chi connectivity index (χ3v) is 10.9. The highest BCUT2D eigenvalue weighted by Gasteiger charge is 2.42. The number of carbonyl (C=O) groups excluding carboxylic acids is 2. The van der Waals surface area contributed by atoms with Crippen molar-refractivity contribution in [1.29, 1.82) is 0 Å². The van der Waals surface area contributed by atoms with Crippen LogP contribution in [0.2, 0.25) is 0 Å². The number of sulfonamides is 1. The summed E-state index contributed by atoms with van der Waals surface area (Å²) < 4.78 is 92.9. The lowest BCUT2D eigenvalue weighted by molar-refractivity contribution is -0.117. The highest BCUT2D eigenvalue weighted by Crippen LogP contribution is 2.32. The van der Waals surface area contributed by atoms with Gasteiger partial charge in [-0.15, -0.1) is 0 Å². The number of rotatable bonds is 10. The Labute approximate surface area is 306 Å². The SMILES string of the molecule is CC1CN(C(=O)OC(C)(C)C)CC(CCc2c(F)cncc2NC(=O)[C@@H](N)[C@@H](c2ccc(F)cc2)c2cc(F)cc(F)c2)N1S(=O)(=O)c1ccccc1. The van der Waals surface area contributed by atoms with Crippen LogP contribution in [0.4, 0.5) is 28.0 Å². The van der Waals surface area contributed by atoms with Crippen LogP contribution in [0.5, 0.6) is 0 Å². The standard InChI is InChI=1S/C38H41F4N5O5S/c1-23-21-46(37(49)52-38(2,3)4)22-29(47(23)53(50,51)30-8-6-5-7-9-30)14-15-31-32(42)19-44-20-33(31)45-36(48)35(43)34(24-10-12-26(39)13-11-24)25-16-27(40)18-28(41)17-25/h5-13,16-20,23,29,34-35H,14-15,21-22,43H2,1-4H3,(H,45,48)/t23?,29?,34-,35-/m0/s1. The molecule has 15 heteroatoms. The Bertz CT molecular complexity index is 2030. The number of hydrogen-bond donors (Lipinski definition) is 2. The number of amides is 2. The molecule has 4 atom stereocenters. The first-order valence-corrected chi connectivity index (χ1v) is 18.4. The van der Waals surface area contributed by atoms with Crippen molar-refractivity contribution in [3.63, 3.8) is 0 Å². The number of ether oxygens (including phenoxy) is 1. The highest BCUT2D eigenvalue weighted by molar-refractivity contribution is 7.89. The van der Waals surface area contributed by atoms with E-state index < -0.39 is 74.9 Å². The number of nitrogens with zero attached hydrogens (tertiary/aromatic N) is 3. The average Bonchev–Trinajstić information content (AvgIpc) is 3.07. The quantitative estimate of drug-likeness (QED) is 0.180. The predicted molar refractivity (Wildman–Crippen MR) is 190 cm³/mol. The van der Waals surface area contributed by atoms with Gasteiger partial charge in [-0.2, -0.15) is 4.31 Å². The van der Waals surface area contributed by atoms with Gasteiger partial charge in [-0.05, 0) is 88.1 Å². The molecule has 0 bridgehead atoms. The maximum absolute atomic E-state index is 15.6. The van der Waals surface area contributed by atoms with E-state index in [1.807, 2.05) is 0 Å². The summed E-state index contributed by atoms with van der Waals surface area (Å²) in [5, 5.41) is 2.58. The summed E-state index contributed by atoms with van der Waals surface area (Å²) in [4.78, 5) is 32.2. The molecule has 2 heterocycles. The Balaban J connectivity index is 1.44. The first-order valence-electron chi connectivity index (χ1n) is 16.9. The Morgan fingerprint density at radius 3 is 2.19 bits per heavy atom. The normalized spacial score (nSPS) is 17.9. The van der Waals surface area contributed by atoms with Gasteiger partial charge in [0.25, 0.3) is 0 Å². The highest BCUT2D eigenvalue weighted by atomic mass is 32.2. The minimum absolute atomic E-state index is 0.00628. The van der Waals surface area contributed by atoms with E-state index in [2.05, 4.69) is 10.3 Å². The molecule has 282 valence electrons. The first kappa shape index (κ1) is 39.3. The fourth-order valence-electron chi connectivity index (χ4n) is 6.54. The summed E-state index contributed by atoms with van der Waals surface area (Å²) in [6.07, 6.45) is 1.41. The summed E-state index contributed by atoms with van der Waals surface area (Å²) in [5.41, 5.74) is 5.83. The summed E-state index contributed by atoms with van der Waals surface area (Å²) in [6.45, 7) is 6.81. The Morgan fingerprint density at radius 1 is 0.925 bits per heavy atom. The molecule has 3 aromatic carbocycles.